The fraction of sp³-hybridized carbons (Fsp3) is 0.400. The molecule has 7 heteroatoms. The maximum atomic E-state index is 13.0. The zero-order valence-corrected chi connectivity index (χ0v) is 17.8. The van der Waals surface area contributed by atoms with E-state index in [0.29, 0.717) is 40.0 Å². The lowest BCUT2D eigenvalue weighted by Crippen LogP contribution is -2.35. The van der Waals surface area contributed by atoms with Gasteiger partial charge in [0.15, 0.2) is 11.5 Å². The summed E-state index contributed by atoms with van der Waals surface area (Å²) in [5.74, 6) is 0.239. The molecule has 0 spiro atoms. The molecule has 4 unspecified atom stereocenters. The third-order valence-electron chi connectivity index (χ3n) is 7.03. The molecule has 0 aromatic heterocycles. The van der Waals surface area contributed by atoms with Gasteiger partial charge in [-0.25, -0.2) is 0 Å². The maximum Gasteiger partial charge on any atom is 0.305 e. The van der Waals surface area contributed by atoms with Crippen LogP contribution in [-0.2, 0) is 4.79 Å². The zero-order valence-electron chi connectivity index (χ0n) is 17.8. The number of hydrogen-bond donors (Lipinski definition) is 1. The molecule has 0 saturated heterocycles. The first-order valence-corrected chi connectivity index (χ1v) is 11.0. The lowest BCUT2D eigenvalue weighted by molar-refractivity contribution is -0.138. The number of hydrogen-bond acceptors (Lipinski definition) is 5. The van der Waals surface area contributed by atoms with Gasteiger partial charge in [-0.1, -0.05) is 18.2 Å². The van der Waals surface area contributed by atoms with Gasteiger partial charge in [-0.2, -0.15) is 0 Å². The number of amides is 2. The zero-order chi connectivity index (χ0) is 22.4. The molecule has 5 rings (SSSR count). The minimum Gasteiger partial charge on any atom is -0.493 e. The van der Waals surface area contributed by atoms with Crippen molar-refractivity contribution in [1.29, 1.82) is 0 Å². The summed E-state index contributed by atoms with van der Waals surface area (Å²) >= 11 is 0. The van der Waals surface area contributed by atoms with Crippen molar-refractivity contribution in [2.45, 2.75) is 44.2 Å². The lowest BCUT2D eigenvalue weighted by Gasteiger charge is -2.28. The van der Waals surface area contributed by atoms with E-state index in [1.165, 1.54) is 12.8 Å². The molecule has 2 bridgehead atoms. The molecule has 3 aliphatic rings. The van der Waals surface area contributed by atoms with Gasteiger partial charge in [-0.15, -0.1) is 0 Å². The number of carbonyl (C=O) groups is 3. The number of benzene rings is 2. The highest BCUT2D eigenvalue weighted by Gasteiger charge is 2.43. The van der Waals surface area contributed by atoms with Crippen LogP contribution in [0.25, 0.3) is 0 Å². The number of aliphatic carboxylic acids is 1. The van der Waals surface area contributed by atoms with Gasteiger partial charge in [0.2, 0.25) is 0 Å². The predicted octanol–water partition coefficient (Wildman–Crippen LogP) is 4.07. The normalized spacial score (nSPS) is 24.5. The molecule has 32 heavy (non-hydrogen) atoms. The van der Waals surface area contributed by atoms with E-state index in [1.807, 2.05) is 0 Å². The van der Waals surface area contributed by atoms with E-state index in [0.717, 1.165) is 17.7 Å². The number of rotatable bonds is 7. The van der Waals surface area contributed by atoms with Gasteiger partial charge in [0.05, 0.1) is 30.7 Å². The van der Waals surface area contributed by atoms with Gasteiger partial charge in [-0.3, -0.25) is 19.3 Å². The van der Waals surface area contributed by atoms with E-state index in [1.54, 1.807) is 49.6 Å². The van der Waals surface area contributed by atoms with Crippen molar-refractivity contribution in [3.63, 3.8) is 0 Å². The van der Waals surface area contributed by atoms with Crippen LogP contribution in [0.15, 0.2) is 42.5 Å². The minimum absolute atomic E-state index is 0.107. The first-order valence-electron chi connectivity index (χ1n) is 11.0. The molecule has 0 radical (unpaired) electrons. The van der Waals surface area contributed by atoms with Gasteiger partial charge in [-0.05, 0) is 67.3 Å². The fourth-order valence-corrected chi connectivity index (χ4v) is 5.50. The van der Waals surface area contributed by atoms with Gasteiger partial charge in [0, 0.05) is 0 Å². The van der Waals surface area contributed by atoms with Gasteiger partial charge < -0.3 is 14.6 Å². The molecule has 2 aromatic carbocycles. The lowest BCUT2D eigenvalue weighted by atomic mass is 9.97. The summed E-state index contributed by atoms with van der Waals surface area (Å²) in [6.45, 7) is 0. The molecule has 2 fully saturated rings. The molecule has 1 heterocycles. The maximum absolute atomic E-state index is 13.0. The van der Waals surface area contributed by atoms with Crippen molar-refractivity contribution in [3.05, 3.63) is 59.2 Å². The van der Waals surface area contributed by atoms with Crippen LogP contribution in [-0.4, -0.2) is 41.0 Å². The molecule has 1 aliphatic heterocycles. The average molecular weight is 435 g/mol. The first kappa shape index (κ1) is 20.5. The van der Waals surface area contributed by atoms with E-state index in [4.69, 9.17) is 9.47 Å². The Balaban J connectivity index is 1.49. The largest absolute Gasteiger partial charge is 0.493 e. The third-order valence-corrected chi connectivity index (χ3v) is 7.03. The SMILES string of the molecule is COc1ccc(C(CC(=O)O)N2C(=O)c3ccccc3C2=O)cc1OC1CC2CCC1C2. The number of carboxylic acids is 1. The summed E-state index contributed by atoms with van der Waals surface area (Å²) in [5, 5.41) is 9.56. The summed E-state index contributed by atoms with van der Waals surface area (Å²) in [6, 6.07) is 10.7. The molecule has 2 aromatic rings. The van der Waals surface area contributed by atoms with Crippen LogP contribution in [0.1, 0.15) is 64.4 Å². The molecule has 1 N–H and O–H groups in total. The Morgan fingerprint density at radius 1 is 1.06 bits per heavy atom. The van der Waals surface area contributed by atoms with Crippen molar-refractivity contribution in [2.75, 3.05) is 7.11 Å². The van der Waals surface area contributed by atoms with Crippen LogP contribution in [0.5, 0.6) is 11.5 Å². The number of ether oxygens (including phenoxy) is 2. The standard InChI is InChI=1S/C25H25NO6/c1-31-20-9-8-15(12-22(20)32-21-11-14-6-7-16(21)10-14)19(13-23(27)28)26-24(29)17-4-2-3-5-18(17)25(26)30/h2-5,8-9,12,14,16,19,21H,6-7,10-11,13H2,1H3,(H,27,28). The first-order chi connectivity index (χ1) is 15.5. The molecular weight excluding hydrogens is 410 g/mol. The number of nitrogens with zero attached hydrogens (tertiary/aromatic N) is 1. The number of imide groups is 1. The summed E-state index contributed by atoms with van der Waals surface area (Å²) < 4.78 is 11.8. The fourth-order valence-electron chi connectivity index (χ4n) is 5.50. The van der Waals surface area contributed by atoms with Crippen LogP contribution in [0.2, 0.25) is 0 Å². The third kappa shape index (κ3) is 3.42. The van der Waals surface area contributed by atoms with E-state index in [-0.39, 0.29) is 6.10 Å². The Labute approximate surface area is 185 Å². The van der Waals surface area contributed by atoms with Gasteiger partial charge >= 0.3 is 5.97 Å². The van der Waals surface area contributed by atoms with Crippen molar-refractivity contribution < 1.29 is 29.0 Å². The van der Waals surface area contributed by atoms with E-state index in [2.05, 4.69) is 0 Å². The predicted molar refractivity (Wildman–Crippen MR) is 115 cm³/mol. The Kier molecular flexibility index (Phi) is 5.12. The molecule has 2 saturated carbocycles. The Morgan fingerprint density at radius 3 is 2.34 bits per heavy atom. The number of carboxylic acid groups (broad SMARTS) is 1. The quantitative estimate of drug-likeness (QED) is 0.659. The van der Waals surface area contributed by atoms with E-state index < -0.39 is 30.2 Å². The monoisotopic (exact) mass is 435 g/mol. The van der Waals surface area contributed by atoms with E-state index in [9.17, 15) is 19.5 Å². The van der Waals surface area contributed by atoms with Gasteiger partial charge in [0.1, 0.15) is 6.10 Å². The molecule has 4 atom stereocenters. The van der Waals surface area contributed by atoms with Crippen LogP contribution in [0.4, 0.5) is 0 Å². The van der Waals surface area contributed by atoms with Crippen molar-refractivity contribution >= 4 is 17.8 Å². The molecule has 7 nitrogen and oxygen atoms in total. The molecule has 2 aliphatic carbocycles. The Bertz CT molecular complexity index is 1060. The molecular formula is C25H25NO6. The number of methoxy groups -OCH3 is 1. The highest BCUT2D eigenvalue weighted by atomic mass is 16.5. The minimum atomic E-state index is -1.10. The van der Waals surface area contributed by atoms with Crippen LogP contribution in [0.3, 0.4) is 0 Å². The summed E-state index contributed by atoms with van der Waals surface area (Å²) in [6.07, 6.45) is 4.31. The molecule has 2 amide bonds. The Hall–Kier alpha value is -3.35. The summed E-state index contributed by atoms with van der Waals surface area (Å²) in [7, 11) is 1.56. The second-order valence-corrected chi connectivity index (χ2v) is 8.88. The number of carbonyl (C=O) groups excluding carboxylic acids is 2. The van der Waals surface area contributed by atoms with Crippen molar-refractivity contribution in [2.24, 2.45) is 11.8 Å². The second-order valence-electron chi connectivity index (χ2n) is 8.88. The van der Waals surface area contributed by atoms with Crippen LogP contribution < -0.4 is 9.47 Å². The highest BCUT2D eigenvalue weighted by Crippen LogP contribution is 2.47. The second kappa shape index (κ2) is 7.97. The van der Waals surface area contributed by atoms with E-state index >= 15 is 0 Å². The Morgan fingerprint density at radius 2 is 1.78 bits per heavy atom. The van der Waals surface area contributed by atoms with Crippen LogP contribution in [0, 0.1) is 11.8 Å². The average Bonchev–Trinajstić information content (AvgIpc) is 3.47. The van der Waals surface area contributed by atoms with Gasteiger partial charge in [0.25, 0.3) is 11.8 Å². The van der Waals surface area contributed by atoms with Crippen molar-refractivity contribution in [1.82, 2.24) is 4.90 Å². The van der Waals surface area contributed by atoms with Crippen molar-refractivity contribution in [3.8, 4) is 11.5 Å². The number of fused-ring (bicyclic) bond motifs is 3. The summed E-state index contributed by atoms with van der Waals surface area (Å²) in [5.41, 5.74) is 1.11. The smallest absolute Gasteiger partial charge is 0.305 e. The topological polar surface area (TPSA) is 93.1 Å². The highest BCUT2D eigenvalue weighted by molar-refractivity contribution is 6.21. The molecule has 166 valence electrons. The summed E-state index contributed by atoms with van der Waals surface area (Å²) in [4.78, 5) is 38.8. The van der Waals surface area contributed by atoms with Crippen LogP contribution >= 0.6 is 0 Å².